The number of rotatable bonds is 3. The van der Waals surface area contributed by atoms with Gasteiger partial charge in [-0.25, -0.2) is 4.79 Å². The van der Waals surface area contributed by atoms with E-state index in [0.717, 1.165) is 6.07 Å². The van der Waals surface area contributed by atoms with Gasteiger partial charge in [0.1, 0.15) is 0 Å². The van der Waals surface area contributed by atoms with E-state index in [-0.39, 0.29) is 11.3 Å². The minimum Gasteiger partial charge on any atom is -0.516 e. The van der Waals surface area contributed by atoms with Crippen LogP contribution in [0.2, 0.25) is 19.6 Å². The maximum absolute atomic E-state index is 12.1. The summed E-state index contributed by atoms with van der Waals surface area (Å²) in [6.45, 7) is 5.42. The van der Waals surface area contributed by atoms with Crippen molar-refractivity contribution in [2.75, 3.05) is 5.32 Å². The molecule has 4 nitrogen and oxygen atoms in total. The van der Waals surface area contributed by atoms with Crippen LogP contribution < -0.4 is 5.32 Å². The van der Waals surface area contributed by atoms with Crippen LogP contribution in [0.3, 0.4) is 0 Å². The van der Waals surface area contributed by atoms with Crippen molar-refractivity contribution >= 4 is 25.9 Å². The Morgan fingerprint density at radius 2 is 1.80 bits per heavy atom. The summed E-state index contributed by atoms with van der Waals surface area (Å²) in [7, 11) is -2.10. The molecule has 0 saturated carbocycles. The van der Waals surface area contributed by atoms with Crippen molar-refractivity contribution < 1.29 is 27.2 Å². The normalized spacial score (nSPS) is 11.9. The van der Waals surface area contributed by atoms with Gasteiger partial charge in [-0.15, -0.1) is 0 Å². The van der Waals surface area contributed by atoms with Crippen LogP contribution in [0.25, 0.3) is 0 Å². The maximum atomic E-state index is 12.1. The molecule has 110 valence electrons. The third-order valence-electron chi connectivity index (χ3n) is 2.01. The fraction of sp³-hybridized carbons (Fsp3) is 0.333. The number of carbonyl (C=O) groups is 2. The van der Waals surface area contributed by atoms with Crippen molar-refractivity contribution in [3.05, 3.63) is 29.8 Å². The molecule has 0 aromatic heterocycles. The molecule has 0 radical (unpaired) electrons. The van der Waals surface area contributed by atoms with E-state index in [4.69, 9.17) is 4.43 Å². The Hall–Kier alpha value is -1.83. The zero-order chi connectivity index (χ0) is 15.6. The van der Waals surface area contributed by atoms with Crippen LogP contribution in [0.1, 0.15) is 10.4 Å². The minimum atomic E-state index is -4.98. The van der Waals surface area contributed by atoms with Gasteiger partial charge in [0, 0.05) is 5.69 Å². The third-order valence-corrected chi connectivity index (χ3v) is 2.81. The van der Waals surface area contributed by atoms with E-state index in [1.165, 1.54) is 18.2 Å². The number of hydrogen-bond acceptors (Lipinski definition) is 3. The molecular formula is C12H14F3NO3Si. The monoisotopic (exact) mass is 305 g/mol. The van der Waals surface area contributed by atoms with Gasteiger partial charge in [-0.3, -0.25) is 4.79 Å². The highest BCUT2D eigenvalue weighted by molar-refractivity contribution is 6.71. The first-order chi connectivity index (χ1) is 8.99. The lowest BCUT2D eigenvalue weighted by Crippen LogP contribution is -2.30. The molecule has 0 saturated heterocycles. The van der Waals surface area contributed by atoms with E-state index >= 15 is 0 Å². The van der Waals surface area contributed by atoms with Crippen molar-refractivity contribution in [2.24, 2.45) is 0 Å². The summed E-state index contributed by atoms with van der Waals surface area (Å²) < 4.78 is 41.6. The predicted octanol–water partition coefficient (Wildman–Crippen LogP) is 3.18. The Labute approximate surface area is 115 Å². The molecule has 0 spiro atoms. The summed E-state index contributed by atoms with van der Waals surface area (Å²) in [4.78, 5) is 22.6. The molecule has 0 bridgehead atoms. The molecule has 0 atom stereocenters. The van der Waals surface area contributed by atoms with Gasteiger partial charge in [0.15, 0.2) is 0 Å². The Morgan fingerprint density at radius 3 is 2.30 bits per heavy atom. The molecule has 1 aromatic rings. The van der Waals surface area contributed by atoms with Crippen molar-refractivity contribution in [3.63, 3.8) is 0 Å². The molecule has 0 heterocycles. The highest BCUT2D eigenvalue weighted by atomic mass is 28.4. The molecule has 20 heavy (non-hydrogen) atoms. The lowest BCUT2D eigenvalue weighted by atomic mass is 10.2. The second kappa shape index (κ2) is 5.66. The van der Waals surface area contributed by atoms with Crippen molar-refractivity contribution in [1.82, 2.24) is 0 Å². The van der Waals surface area contributed by atoms with Gasteiger partial charge in [-0.2, -0.15) is 13.2 Å². The highest BCUT2D eigenvalue weighted by Crippen LogP contribution is 2.19. The van der Waals surface area contributed by atoms with Gasteiger partial charge < -0.3 is 9.74 Å². The Kier molecular flexibility index (Phi) is 4.59. The SMILES string of the molecule is C[Si](C)(C)OC(=O)c1cccc(NC(=O)C(F)(F)F)c1. The highest BCUT2D eigenvalue weighted by Gasteiger charge is 2.38. The molecule has 8 heteroatoms. The van der Waals surface area contributed by atoms with Crippen LogP contribution >= 0.6 is 0 Å². The number of benzene rings is 1. The molecule has 1 aromatic carbocycles. The summed E-state index contributed by atoms with van der Waals surface area (Å²) in [5.74, 6) is -2.71. The molecule has 0 aliphatic heterocycles. The number of halogens is 3. The molecule has 1 rings (SSSR count). The summed E-state index contributed by atoms with van der Waals surface area (Å²) in [5.41, 5.74) is -0.0234. The van der Waals surface area contributed by atoms with E-state index in [9.17, 15) is 22.8 Å². The lowest BCUT2D eigenvalue weighted by Gasteiger charge is -2.17. The van der Waals surface area contributed by atoms with Gasteiger partial charge in [0.25, 0.3) is 0 Å². The first kappa shape index (κ1) is 16.2. The topological polar surface area (TPSA) is 55.4 Å². The van der Waals surface area contributed by atoms with E-state index in [1.807, 2.05) is 0 Å². The molecule has 0 aliphatic rings. The summed E-state index contributed by atoms with van der Waals surface area (Å²) >= 11 is 0. The molecule has 0 fully saturated rings. The Bertz CT molecular complexity index is 523. The van der Waals surface area contributed by atoms with Crippen LogP contribution in [0.5, 0.6) is 0 Å². The first-order valence-electron chi connectivity index (χ1n) is 5.70. The number of amides is 1. The number of carbonyl (C=O) groups excluding carboxylic acids is 2. The van der Waals surface area contributed by atoms with Crippen LogP contribution in [0.15, 0.2) is 24.3 Å². The van der Waals surface area contributed by atoms with E-state index in [2.05, 4.69) is 0 Å². The van der Waals surface area contributed by atoms with E-state index < -0.39 is 26.4 Å². The summed E-state index contributed by atoms with van der Waals surface area (Å²) in [5, 5.41) is 1.68. The molecule has 1 N–H and O–H groups in total. The number of hydrogen-bond donors (Lipinski definition) is 1. The van der Waals surface area contributed by atoms with Crippen molar-refractivity contribution in [1.29, 1.82) is 0 Å². The summed E-state index contributed by atoms with van der Waals surface area (Å²) in [6.07, 6.45) is -4.98. The predicted molar refractivity (Wildman–Crippen MR) is 69.9 cm³/mol. The summed E-state index contributed by atoms with van der Waals surface area (Å²) in [6, 6.07) is 5.18. The second-order valence-electron chi connectivity index (χ2n) is 5.03. The Balaban J connectivity index is 2.86. The number of alkyl halides is 3. The standard InChI is InChI=1S/C12H14F3NO3Si/c1-20(2,3)19-10(17)8-5-4-6-9(7-8)16-11(18)12(13,14)15/h4-7H,1-3H3,(H,16,18). The van der Waals surface area contributed by atoms with Crippen LogP contribution in [0.4, 0.5) is 18.9 Å². The lowest BCUT2D eigenvalue weighted by molar-refractivity contribution is -0.167. The van der Waals surface area contributed by atoms with E-state index in [0.29, 0.717) is 0 Å². The zero-order valence-electron chi connectivity index (χ0n) is 11.2. The molecule has 0 aliphatic carbocycles. The zero-order valence-corrected chi connectivity index (χ0v) is 12.2. The average molecular weight is 305 g/mol. The number of anilines is 1. The molecule has 0 unspecified atom stereocenters. The first-order valence-corrected chi connectivity index (χ1v) is 9.11. The molecule has 1 amide bonds. The van der Waals surface area contributed by atoms with Gasteiger partial charge in [-0.1, -0.05) is 6.07 Å². The number of nitrogens with one attached hydrogen (secondary N) is 1. The van der Waals surface area contributed by atoms with Gasteiger partial charge in [0.05, 0.1) is 5.56 Å². The minimum absolute atomic E-state index is 0.0902. The quantitative estimate of drug-likeness (QED) is 0.873. The second-order valence-corrected chi connectivity index (χ2v) is 9.46. The smallest absolute Gasteiger partial charge is 0.471 e. The fourth-order valence-electron chi connectivity index (χ4n) is 1.26. The van der Waals surface area contributed by atoms with Gasteiger partial charge in [0.2, 0.25) is 8.32 Å². The average Bonchev–Trinajstić information content (AvgIpc) is 2.25. The van der Waals surface area contributed by atoms with Gasteiger partial charge in [-0.05, 0) is 37.8 Å². The van der Waals surface area contributed by atoms with Crippen LogP contribution in [-0.2, 0) is 9.22 Å². The van der Waals surface area contributed by atoms with Gasteiger partial charge >= 0.3 is 18.1 Å². The van der Waals surface area contributed by atoms with E-state index in [1.54, 1.807) is 25.0 Å². The molecular weight excluding hydrogens is 291 g/mol. The van der Waals surface area contributed by atoms with Crippen molar-refractivity contribution in [3.8, 4) is 0 Å². The Morgan fingerprint density at radius 1 is 1.20 bits per heavy atom. The van der Waals surface area contributed by atoms with Crippen molar-refractivity contribution in [2.45, 2.75) is 25.8 Å². The van der Waals surface area contributed by atoms with Crippen LogP contribution in [0, 0.1) is 0 Å². The third kappa shape index (κ3) is 5.04. The largest absolute Gasteiger partial charge is 0.516 e. The van der Waals surface area contributed by atoms with Crippen LogP contribution in [-0.4, -0.2) is 26.4 Å². The maximum Gasteiger partial charge on any atom is 0.471 e. The fourth-order valence-corrected chi connectivity index (χ4v) is 1.94.